The van der Waals surface area contributed by atoms with Crippen LogP contribution >= 0.6 is 0 Å². The monoisotopic (exact) mass is 426 g/mol. The number of carbonyl (C=O) groups excluding carboxylic acids is 2. The lowest BCUT2D eigenvalue weighted by atomic mass is 10.1. The topological polar surface area (TPSA) is 126 Å². The Morgan fingerprint density at radius 3 is 2.77 bits per heavy atom. The summed E-state index contributed by atoms with van der Waals surface area (Å²) in [5, 5.41) is 7.24. The molecule has 0 atom stereocenters. The highest BCUT2D eigenvalue weighted by Gasteiger charge is 2.22. The van der Waals surface area contributed by atoms with E-state index in [0.717, 1.165) is 18.5 Å². The molecule has 0 radical (unpaired) electrons. The van der Waals surface area contributed by atoms with Crippen molar-refractivity contribution >= 4 is 28.8 Å². The van der Waals surface area contributed by atoms with Gasteiger partial charge in [-0.15, -0.1) is 0 Å². The summed E-state index contributed by atoms with van der Waals surface area (Å²) < 4.78 is 15.1. The Labute approximate surface area is 179 Å². The molecule has 1 aliphatic rings. The van der Waals surface area contributed by atoms with Gasteiger partial charge in [-0.3, -0.25) is 19.6 Å². The minimum absolute atomic E-state index is 0.302. The second-order valence-electron chi connectivity index (χ2n) is 7.40. The number of carbonyl (C=O) groups is 2. The van der Waals surface area contributed by atoms with Crippen LogP contribution in [0.3, 0.4) is 0 Å². The minimum Gasteiger partial charge on any atom is -0.491 e. The number of anilines is 1. The highest BCUT2D eigenvalue weighted by Crippen LogP contribution is 2.31. The number of aromatic nitrogens is 4. The van der Waals surface area contributed by atoms with Crippen LogP contribution in [0.2, 0.25) is 0 Å². The zero-order valence-corrected chi connectivity index (χ0v) is 17.7. The number of hydrogen-bond acceptors (Lipinski definition) is 6. The number of imidazole rings is 1. The van der Waals surface area contributed by atoms with Gasteiger partial charge in [0.15, 0.2) is 0 Å². The molecule has 164 valence electrons. The third-order valence-electron chi connectivity index (χ3n) is 5.11. The molecule has 10 heteroatoms. The summed E-state index contributed by atoms with van der Waals surface area (Å²) in [5.74, 6) is 0.00175. The first-order valence-electron chi connectivity index (χ1n) is 10.4. The number of primary amides is 1. The van der Waals surface area contributed by atoms with Gasteiger partial charge in [0.1, 0.15) is 17.0 Å². The number of hydrogen-bond donors (Lipinski definition) is 2. The summed E-state index contributed by atoms with van der Waals surface area (Å²) >= 11 is 0. The molecule has 2 aromatic heterocycles. The summed E-state index contributed by atoms with van der Waals surface area (Å²) in [5.41, 5.74) is 8.26. The summed E-state index contributed by atoms with van der Waals surface area (Å²) in [6.45, 7) is 6.51. The number of ether oxygens (including phenoxy) is 2. The molecule has 0 saturated heterocycles. The summed E-state index contributed by atoms with van der Waals surface area (Å²) in [7, 11) is 0. The molecular formula is C21H26N6O4. The van der Waals surface area contributed by atoms with Crippen molar-refractivity contribution in [3.8, 4) is 5.75 Å². The van der Waals surface area contributed by atoms with Gasteiger partial charge in [-0.05, 0) is 38.5 Å². The fourth-order valence-electron chi connectivity index (χ4n) is 3.70. The van der Waals surface area contributed by atoms with E-state index in [1.54, 1.807) is 22.9 Å². The van der Waals surface area contributed by atoms with Gasteiger partial charge in [0.2, 0.25) is 11.9 Å². The van der Waals surface area contributed by atoms with E-state index in [4.69, 9.17) is 15.2 Å². The fourth-order valence-corrected chi connectivity index (χ4v) is 3.70. The Hall–Kier alpha value is -3.40. The average molecular weight is 426 g/mol. The van der Waals surface area contributed by atoms with E-state index in [1.807, 2.05) is 18.4 Å². The molecule has 0 fully saturated rings. The minimum atomic E-state index is -0.568. The van der Waals surface area contributed by atoms with Crippen molar-refractivity contribution in [2.45, 2.75) is 39.8 Å². The zero-order chi connectivity index (χ0) is 22.0. The molecular weight excluding hydrogens is 400 g/mol. The molecule has 2 amide bonds. The van der Waals surface area contributed by atoms with E-state index < -0.39 is 5.91 Å². The Kier molecular flexibility index (Phi) is 5.90. The first-order valence-corrected chi connectivity index (χ1v) is 10.4. The number of nitrogens with zero attached hydrogens (tertiary/aromatic N) is 4. The molecule has 0 aliphatic carbocycles. The number of nitrogens with one attached hydrogen (secondary N) is 1. The van der Waals surface area contributed by atoms with Crippen LogP contribution in [0, 0.1) is 6.92 Å². The van der Waals surface area contributed by atoms with Crippen LogP contribution in [0.4, 0.5) is 5.95 Å². The Morgan fingerprint density at radius 2 is 2.00 bits per heavy atom. The van der Waals surface area contributed by atoms with Crippen molar-refractivity contribution < 1.29 is 19.1 Å². The van der Waals surface area contributed by atoms with E-state index >= 15 is 0 Å². The number of aryl methyl sites for hydroxylation is 3. The first-order chi connectivity index (χ1) is 15.0. The van der Waals surface area contributed by atoms with E-state index in [2.05, 4.69) is 15.4 Å². The van der Waals surface area contributed by atoms with Gasteiger partial charge in [-0.2, -0.15) is 5.10 Å². The van der Waals surface area contributed by atoms with Gasteiger partial charge >= 0.3 is 0 Å². The van der Waals surface area contributed by atoms with E-state index in [1.165, 1.54) is 0 Å². The van der Waals surface area contributed by atoms with E-state index in [0.29, 0.717) is 66.9 Å². The maximum atomic E-state index is 13.0. The number of amides is 2. The van der Waals surface area contributed by atoms with E-state index in [-0.39, 0.29) is 5.91 Å². The summed E-state index contributed by atoms with van der Waals surface area (Å²) in [6.07, 6.45) is 1.46. The van der Waals surface area contributed by atoms with Crippen molar-refractivity contribution in [2.24, 2.45) is 5.73 Å². The predicted molar refractivity (Wildman–Crippen MR) is 114 cm³/mol. The largest absolute Gasteiger partial charge is 0.491 e. The lowest BCUT2D eigenvalue weighted by Crippen LogP contribution is -2.20. The molecule has 4 rings (SSSR count). The van der Waals surface area contributed by atoms with Gasteiger partial charge in [0.05, 0.1) is 17.8 Å². The van der Waals surface area contributed by atoms with Crippen molar-refractivity contribution in [1.82, 2.24) is 19.3 Å². The molecule has 0 saturated carbocycles. The van der Waals surface area contributed by atoms with Crippen molar-refractivity contribution in [2.75, 3.05) is 25.1 Å². The number of nitrogens with two attached hydrogens (primary N) is 1. The van der Waals surface area contributed by atoms with Crippen LogP contribution in [0.1, 0.15) is 46.3 Å². The zero-order valence-electron chi connectivity index (χ0n) is 17.7. The van der Waals surface area contributed by atoms with Crippen molar-refractivity contribution in [3.63, 3.8) is 0 Å². The summed E-state index contributed by atoms with van der Waals surface area (Å²) in [4.78, 5) is 29.4. The predicted octanol–water partition coefficient (Wildman–Crippen LogP) is 2.10. The van der Waals surface area contributed by atoms with Gasteiger partial charge in [-0.25, -0.2) is 4.98 Å². The molecule has 1 aliphatic heterocycles. The van der Waals surface area contributed by atoms with Gasteiger partial charge in [0.25, 0.3) is 5.91 Å². The standard InChI is InChI=1S/C21H26N6O4/c1-3-27-16(10-13(2)25-27)20(29)24-21-23-15-11-14(19(22)28)12-17-18(15)26(21)6-4-7-30-8-5-9-31-17/h10-12H,3-9H2,1-2H3,(H2,22,28)(H,23,24,29). The van der Waals surface area contributed by atoms with Crippen LogP contribution in [-0.4, -0.2) is 51.0 Å². The molecule has 1 aromatic carbocycles. The number of rotatable bonds is 4. The van der Waals surface area contributed by atoms with E-state index in [9.17, 15) is 9.59 Å². The normalized spacial score (nSPS) is 14.6. The maximum absolute atomic E-state index is 13.0. The highest BCUT2D eigenvalue weighted by atomic mass is 16.5. The van der Waals surface area contributed by atoms with Crippen LogP contribution < -0.4 is 15.8 Å². The van der Waals surface area contributed by atoms with Crippen LogP contribution in [0.5, 0.6) is 5.75 Å². The average Bonchev–Trinajstić information content (AvgIpc) is 3.27. The lowest BCUT2D eigenvalue weighted by Gasteiger charge is -2.12. The van der Waals surface area contributed by atoms with Crippen LogP contribution in [0.25, 0.3) is 11.0 Å². The second-order valence-corrected chi connectivity index (χ2v) is 7.40. The Bertz CT molecular complexity index is 1130. The lowest BCUT2D eigenvalue weighted by molar-refractivity contribution is 0.0995. The van der Waals surface area contributed by atoms with Crippen molar-refractivity contribution in [3.05, 3.63) is 35.2 Å². The molecule has 3 aromatic rings. The van der Waals surface area contributed by atoms with Crippen molar-refractivity contribution in [1.29, 1.82) is 0 Å². The van der Waals surface area contributed by atoms with Gasteiger partial charge in [0, 0.05) is 38.3 Å². The molecule has 0 bridgehead atoms. The highest BCUT2D eigenvalue weighted by molar-refractivity contribution is 6.04. The molecule has 0 unspecified atom stereocenters. The van der Waals surface area contributed by atoms with Crippen LogP contribution in [-0.2, 0) is 17.8 Å². The third-order valence-corrected chi connectivity index (χ3v) is 5.11. The molecule has 0 spiro atoms. The number of benzene rings is 1. The molecule has 3 heterocycles. The second kappa shape index (κ2) is 8.76. The molecule has 10 nitrogen and oxygen atoms in total. The SMILES string of the molecule is CCn1nc(C)cc1C(=O)Nc1nc2cc(C(N)=O)cc3c2n1CCCOCCCO3. The smallest absolute Gasteiger partial charge is 0.276 e. The quantitative estimate of drug-likeness (QED) is 0.658. The fraction of sp³-hybridized carbons (Fsp3) is 0.429. The van der Waals surface area contributed by atoms with Gasteiger partial charge < -0.3 is 19.8 Å². The maximum Gasteiger partial charge on any atom is 0.276 e. The Morgan fingerprint density at radius 1 is 1.19 bits per heavy atom. The molecule has 3 N–H and O–H groups in total. The summed E-state index contributed by atoms with van der Waals surface area (Å²) in [6, 6.07) is 4.98. The first kappa shape index (κ1) is 20.9. The third kappa shape index (κ3) is 4.24. The van der Waals surface area contributed by atoms with Crippen LogP contribution in [0.15, 0.2) is 18.2 Å². The molecule has 31 heavy (non-hydrogen) atoms. The Balaban J connectivity index is 1.79. The van der Waals surface area contributed by atoms with Gasteiger partial charge in [-0.1, -0.05) is 0 Å².